The number of nitrogens with two attached hydrogens (primary N) is 1. The number of thiocarbonyl (C=S) groups is 1. The van der Waals surface area contributed by atoms with Crippen LogP contribution in [0.1, 0.15) is 23.3 Å². The molecule has 21 heavy (non-hydrogen) atoms. The van der Waals surface area contributed by atoms with Crippen LogP contribution in [0.5, 0.6) is 0 Å². The lowest BCUT2D eigenvalue weighted by molar-refractivity contribution is -0.130. The monoisotopic (exact) mass is 302 g/mol. The molecule has 1 heterocycles. The molecule has 5 heteroatoms. The number of amides is 1. The van der Waals surface area contributed by atoms with Gasteiger partial charge in [0.2, 0.25) is 5.91 Å². The molecule has 0 bridgehead atoms. The topological polar surface area (TPSA) is 59.5 Å². The lowest BCUT2D eigenvalue weighted by Crippen LogP contribution is -2.26. The molecule has 2 N–H and O–H groups in total. The summed E-state index contributed by atoms with van der Waals surface area (Å²) < 4.78 is 5.23. The normalized spacial score (nSPS) is 10.3. The smallest absolute Gasteiger partial charge is 0.223 e. The van der Waals surface area contributed by atoms with E-state index in [-0.39, 0.29) is 5.91 Å². The van der Waals surface area contributed by atoms with Crippen LogP contribution in [-0.4, -0.2) is 22.8 Å². The van der Waals surface area contributed by atoms with Gasteiger partial charge < -0.3 is 15.1 Å². The van der Waals surface area contributed by atoms with Crippen molar-refractivity contribution in [3.05, 3.63) is 59.5 Å². The molecule has 0 atom stereocenters. The standard InChI is InChI=1S/C16H18N2O2S/c1-18(15(19)8-7-14-6-3-9-20-14)11-12-4-2-5-13(10-12)16(17)21/h2-6,9-10H,7-8,11H2,1H3,(H2,17,21). The number of benzene rings is 1. The molecular formula is C16H18N2O2S. The highest BCUT2D eigenvalue weighted by Crippen LogP contribution is 2.10. The first kappa shape index (κ1) is 15.3. The Morgan fingerprint density at radius 3 is 2.81 bits per heavy atom. The Hall–Kier alpha value is -2.14. The second kappa shape index (κ2) is 7.04. The molecule has 110 valence electrons. The number of furan rings is 1. The van der Waals surface area contributed by atoms with E-state index in [0.29, 0.717) is 24.4 Å². The minimum absolute atomic E-state index is 0.0760. The Morgan fingerprint density at radius 1 is 1.33 bits per heavy atom. The van der Waals surface area contributed by atoms with Crippen molar-refractivity contribution in [3.63, 3.8) is 0 Å². The van der Waals surface area contributed by atoms with E-state index in [2.05, 4.69) is 0 Å². The highest BCUT2D eigenvalue weighted by molar-refractivity contribution is 7.80. The van der Waals surface area contributed by atoms with E-state index in [9.17, 15) is 4.79 Å². The summed E-state index contributed by atoms with van der Waals surface area (Å²) in [7, 11) is 1.79. The first-order chi connectivity index (χ1) is 10.1. The fourth-order valence-corrected chi connectivity index (χ4v) is 2.19. The van der Waals surface area contributed by atoms with E-state index in [1.807, 2.05) is 36.4 Å². The molecule has 4 nitrogen and oxygen atoms in total. The zero-order valence-electron chi connectivity index (χ0n) is 11.9. The quantitative estimate of drug-likeness (QED) is 0.833. The first-order valence-corrected chi connectivity index (χ1v) is 7.12. The maximum Gasteiger partial charge on any atom is 0.223 e. The van der Waals surface area contributed by atoms with Gasteiger partial charge in [0.25, 0.3) is 0 Å². The molecule has 0 radical (unpaired) electrons. The molecule has 1 aromatic heterocycles. The van der Waals surface area contributed by atoms with Crippen LogP contribution in [0.3, 0.4) is 0 Å². The fourth-order valence-electron chi connectivity index (χ4n) is 2.06. The van der Waals surface area contributed by atoms with Gasteiger partial charge in [-0.05, 0) is 23.8 Å². The van der Waals surface area contributed by atoms with Crippen LogP contribution in [0.15, 0.2) is 47.1 Å². The Balaban J connectivity index is 1.91. The number of hydrogen-bond acceptors (Lipinski definition) is 3. The van der Waals surface area contributed by atoms with Gasteiger partial charge in [0.05, 0.1) is 6.26 Å². The molecule has 0 aliphatic heterocycles. The summed E-state index contributed by atoms with van der Waals surface area (Å²) in [5.74, 6) is 0.902. The maximum absolute atomic E-state index is 12.1. The van der Waals surface area contributed by atoms with Crippen molar-refractivity contribution < 1.29 is 9.21 Å². The molecule has 2 aromatic rings. The number of hydrogen-bond donors (Lipinski definition) is 1. The van der Waals surface area contributed by atoms with E-state index in [0.717, 1.165) is 16.9 Å². The van der Waals surface area contributed by atoms with Gasteiger partial charge in [-0.25, -0.2) is 0 Å². The first-order valence-electron chi connectivity index (χ1n) is 6.71. The predicted octanol–water partition coefficient (Wildman–Crippen LogP) is 2.51. The van der Waals surface area contributed by atoms with Gasteiger partial charge >= 0.3 is 0 Å². The van der Waals surface area contributed by atoms with E-state index >= 15 is 0 Å². The predicted molar refractivity (Wildman–Crippen MR) is 85.8 cm³/mol. The second-order valence-corrected chi connectivity index (χ2v) is 5.33. The molecule has 2 rings (SSSR count). The summed E-state index contributed by atoms with van der Waals surface area (Å²) in [6.07, 6.45) is 2.66. The number of carbonyl (C=O) groups is 1. The highest BCUT2D eigenvalue weighted by Gasteiger charge is 2.10. The molecule has 0 saturated heterocycles. The van der Waals surface area contributed by atoms with E-state index in [1.54, 1.807) is 18.2 Å². The van der Waals surface area contributed by atoms with Crippen molar-refractivity contribution in [2.24, 2.45) is 5.73 Å². The zero-order valence-corrected chi connectivity index (χ0v) is 12.7. The molecule has 0 aliphatic carbocycles. The van der Waals surface area contributed by atoms with Gasteiger partial charge in [-0.1, -0.05) is 30.4 Å². The summed E-state index contributed by atoms with van der Waals surface area (Å²) >= 11 is 4.96. The maximum atomic E-state index is 12.1. The van der Waals surface area contributed by atoms with Crippen LogP contribution >= 0.6 is 12.2 Å². The third-order valence-corrected chi connectivity index (χ3v) is 3.46. The number of rotatable bonds is 6. The van der Waals surface area contributed by atoms with Crippen molar-refractivity contribution in [3.8, 4) is 0 Å². The summed E-state index contributed by atoms with van der Waals surface area (Å²) in [6, 6.07) is 11.3. The number of nitrogens with zero attached hydrogens (tertiary/aromatic N) is 1. The molecular weight excluding hydrogens is 284 g/mol. The third-order valence-electron chi connectivity index (χ3n) is 3.22. The van der Waals surface area contributed by atoms with Gasteiger partial charge in [0, 0.05) is 32.0 Å². The largest absolute Gasteiger partial charge is 0.469 e. The Kier molecular flexibility index (Phi) is 5.11. The molecule has 0 aliphatic rings. The van der Waals surface area contributed by atoms with Gasteiger partial charge in [-0.2, -0.15) is 0 Å². The highest BCUT2D eigenvalue weighted by atomic mass is 32.1. The lowest BCUT2D eigenvalue weighted by atomic mass is 10.1. The van der Waals surface area contributed by atoms with Crippen molar-refractivity contribution in [1.82, 2.24) is 4.90 Å². The molecule has 1 amide bonds. The fraction of sp³-hybridized carbons (Fsp3) is 0.250. The van der Waals surface area contributed by atoms with E-state index in [1.165, 1.54) is 0 Å². The van der Waals surface area contributed by atoms with Crippen LogP contribution in [-0.2, 0) is 17.8 Å². The SMILES string of the molecule is CN(Cc1cccc(C(N)=S)c1)C(=O)CCc1ccco1. The third kappa shape index (κ3) is 4.43. The van der Waals surface area contributed by atoms with Gasteiger partial charge in [-0.15, -0.1) is 0 Å². The second-order valence-electron chi connectivity index (χ2n) is 4.89. The van der Waals surface area contributed by atoms with Gasteiger partial charge in [0.1, 0.15) is 10.7 Å². The summed E-state index contributed by atoms with van der Waals surface area (Å²) in [5.41, 5.74) is 7.44. The van der Waals surface area contributed by atoms with Crippen LogP contribution in [0.2, 0.25) is 0 Å². The lowest BCUT2D eigenvalue weighted by Gasteiger charge is -2.17. The van der Waals surface area contributed by atoms with Crippen LogP contribution < -0.4 is 5.73 Å². The van der Waals surface area contributed by atoms with Gasteiger partial charge in [0.15, 0.2) is 0 Å². The Morgan fingerprint density at radius 2 is 2.14 bits per heavy atom. The Bertz CT molecular complexity index is 623. The molecule has 1 aromatic carbocycles. The summed E-state index contributed by atoms with van der Waals surface area (Å²) in [4.78, 5) is 14.2. The summed E-state index contributed by atoms with van der Waals surface area (Å²) in [5, 5.41) is 0. The van der Waals surface area contributed by atoms with Crippen LogP contribution in [0.25, 0.3) is 0 Å². The minimum atomic E-state index is 0.0760. The Labute approximate surface area is 129 Å². The van der Waals surface area contributed by atoms with Crippen molar-refractivity contribution in [2.45, 2.75) is 19.4 Å². The zero-order chi connectivity index (χ0) is 15.2. The van der Waals surface area contributed by atoms with Crippen LogP contribution in [0, 0.1) is 0 Å². The van der Waals surface area contributed by atoms with Gasteiger partial charge in [-0.3, -0.25) is 4.79 Å². The van der Waals surface area contributed by atoms with Crippen LogP contribution in [0.4, 0.5) is 0 Å². The molecule has 0 spiro atoms. The summed E-state index contributed by atoms with van der Waals surface area (Å²) in [6.45, 7) is 0.535. The van der Waals surface area contributed by atoms with Crippen molar-refractivity contribution in [2.75, 3.05) is 7.05 Å². The average Bonchev–Trinajstić information content (AvgIpc) is 2.98. The van der Waals surface area contributed by atoms with Crippen molar-refractivity contribution in [1.29, 1.82) is 0 Å². The number of aryl methyl sites for hydroxylation is 1. The molecule has 0 fully saturated rings. The van der Waals surface area contributed by atoms with E-state index in [4.69, 9.17) is 22.4 Å². The average molecular weight is 302 g/mol. The minimum Gasteiger partial charge on any atom is -0.469 e. The molecule has 0 unspecified atom stereocenters. The number of carbonyl (C=O) groups excluding carboxylic acids is 1. The van der Waals surface area contributed by atoms with E-state index < -0.39 is 0 Å². The van der Waals surface area contributed by atoms with Crippen molar-refractivity contribution >= 4 is 23.1 Å². The molecule has 0 saturated carbocycles.